The highest BCUT2D eigenvalue weighted by Crippen LogP contribution is 2.64. The molecule has 14 nitrogen and oxygen atoms in total. The van der Waals surface area contributed by atoms with Gasteiger partial charge >= 0.3 is 0 Å². The summed E-state index contributed by atoms with van der Waals surface area (Å²) in [4.78, 5) is 31.7. The first-order valence-electron chi connectivity index (χ1n) is 37.0. The SMILES string of the molecule is CC1CC(C2CC(C3CC(C)C(C4NCNO4)C(C)C3)CC(N3C4CCCCC4C4C5C6CCCCC6N(C6CC(C7CC(C)C(C8NCNO8)C(C)C7)CC(C7CC(C)C(C8NCNO8)C(C)C7)C6)C5CCC43)C2)CC(C)C1C1NCNO1. The van der Waals surface area contributed by atoms with E-state index in [4.69, 9.17) is 19.4 Å². The summed E-state index contributed by atoms with van der Waals surface area (Å²) in [5.74, 6) is 18.1. The lowest BCUT2D eigenvalue weighted by Gasteiger charge is -2.54. The van der Waals surface area contributed by atoms with Gasteiger partial charge in [0.05, 0.1) is 26.7 Å². The van der Waals surface area contributed by atoms with E-state index in [0.29, 0.717) is 71.0 Å². The lowest BCUT2D eigenvalue weighted by Crippen LogP contribution is -2.55. The van der Waals surface area contributed by atoms with E-state index >= 15 is 0 Å². The van der Waals surface area contributed by atoms with Crippen LogP contribution in [0.2, 0.25) is 0 Å². The highest BCUT2D eigenvalue weighted by atomic mass is 16.7. The lowest BCUT2D eigenvalue weighted by atomic mass is 9.57. The second kappa shape index (κ2) is 25.2. The molecule has 8 N–H and O–H groups in total. The fourth-order valence-electron chi connectivity index (χ4n) is 27.1. The maximum atomic E-state index is 6.17. The summed E-state index contributed by atoms with van der Waals surface area (Å²) >= 11 is 0. The molecule has 6 heterocycles. The van der Waals surface area contributed by atoms with E-state index in [2.05, 4.69) is 108 Å². The number of hydroxylamine groups is 4. The summed E-state index contributed by atoms with van der Waals surface area (Å²) in [6, 6.07) is 4.74. The average molecular weight is 1170 g/mol. The van der Waals surface area contributed by atoms with Gasteiger partial charge in [-0.05, 0) is 247 Å². The topological polar surface area (TPSA) is 140 Å². The second-order valence-electron chi connectivity index (χ2n) is 33.9. The van der Waals surface area contributed by atoms with E-state index in [1.54, 1.807) is 0 Å². The Balaban J connectivity index is 0.722. The maximum absolute atomic E-state index is 6.17. The van der Waals surface area contributed by atoms with Crippen LogP contribution < -0.4 is 43.2 Å². The van der Waals surface area contributed by atoms with Crippen LogP contribution in [-0.2, 0) is 19.4 Å². The van der Waals surface area contributed by atoms with Crippen molar-refractivity contribution in [3.8, 4) is 0 Å². The molecule has 24 unspecified atom stereocenters. The Kier molecular flexibility index (Phi) is 17.9. The number of nitrogens with zero attached hydrogens (tertiary/aromatic N) is 2. The van der Waals surface area contributed by atoms with Crippen LogP contribution >= 0.6 is 0 Å². The predicted octanol–water partition coefficient (Wildman–Crippen LogP) is 10.9. The highest BCUT2D eigenvalue weighted by Gasteiger charge is 2.65. The summed E-state index contributed by atoms with van der Waals surface area (Å²) in [7, 11) is 0. The van der Waals surface area contributed by atoms with Gasteiger partial charge in [-0.15, -0.1) is 0 Å². The van der Waals surface area contributed by atoms with Crippen LogP contribution in [-0.4, -0.2) is 97.6 Å². The molecule has 15 fully saturated rings. The minimum atomic E-state index is 0.155. The summed E-state index contributed by atoms with van der Waals surface area (Å²) in [5, 5.41) is 14.8. The van der Waals surface area contributed by atoms with Gasteiger partial charge in [0.1, 0.15) is 24.9 Å². The van der Waals surface area contributed by atoms with Gasteiger partial charge in [-0.3, -0.25) is 50.4 Å². The Hall–Kier alpha value is -0.560. The molecule has 0 bridgehead atoms. The zero-order valence-corrected chi connectivity index (χ0v) is 54.0. The largest absolute Gasteiger partial charge is 0.294 e. The maximum Gasteiger partial charge on any atom is 0.134 e. The van der Waals surface area contributed by atoms with Gasteiger partial charge in [0, 0.05) is 59.9 Å². The van der Waals surface area contributed by atoms with Gasteiger partial charge < -0.3 is 0 Å². The molecule has 0 spiro atoms. The first kappa shape index (κ1) is 59.7. The van der Waals surface area contributed by atoms with Crippen molar-refractivity contribution in [3.63, 3.8) is 0 Å². The Morgan fingerprint density at radius 1 is 0.262 bits per heavy atom. The van der Waals surface area contributed by atoms with E-state index in [1.807, 2.05) is 0 Å². The van der Waals surface area contributed by atoms with Crippen LogP contribution in [0.3, 0.4) is 0 Å². The zero-order chi connectivity index (χ0) is 57.1. The third-order valence-corrected chi connectivity index (χ3v) is 29.6. The van der Waals surface area contributed by atoms with Gasteiger partial charge in [-0.25, -0.2) is 0 Å². The van der Waals surface area contributed by atoms with Crippen LogP contribution in [0, 0.1) is 142 Å². The van der Waals surface area contributed by atoms with E-state index in [9.17, 15) is 0 Å². The van der Waals surface area contributed by atoms with Gasteiger partial charge in [-0.1, -0.05) is 81.1 Å². The van der Waals surface area contributed by atoms with Crippen molar-refractivity contribution in [2.24, 2.45) is 142 Å². The molecule has 0 radical (unpaired) electrons. The van der Waals surface area contributed by atoms with Crippen LogP contribution in [0.15, 0.2) is 0 Å². The monoisotopic (exact) mass is 1170 g/mol. The number of hydrogen-bond acceptors (Lipinski definition) is 14. The first-order chi connectivity index (χ1) is 40.9. The third kappa shape index (κ3) is 11.0. The van der Waals surface area contributed by atoms with Crippen molar-refractivity contribution in [1.29, 1.82) is 0 Å². The fourth-order valence-corrected chi connectivity index (χ4v) is 27.1. The first-order valence-corrected chi connectivity index (χ1v) is 37.0. The molecule has 84 heavy (non-hydrogen) atoms. The van der Waals surface area contributed by atoms with Crippen molar-refractivity contribution in [2.75, 3.05) is 26.7 Å². The highest BCUT2D eigenvalue weighted by molar-refractivity contribution is 5.17. The molecule has 24 atom stereocenters. The molecule has 15 aliphatic rings. The smallest absolute Gasteiger partial charge is 0.134 e. The lowest BCUT2D eigenvalue weighted by molar-refractivity contribution is -0.0819. The number of nitrogens with one attached hydrogen (secondary N) is 8. The van der Waals surface area contributed by atoms with Crippen LogP contribution in [0.4, 0.5) is 0 Å². The molecule has 6 saturated heterocycles. The van der Waals surface area contributed by atoms with Crippen molar-refractivity contribution in [3.05, 3.63) is 0 Å². The predicted molar refractivity (Wildman–Crippen MR) is 330 cm³/mol. The summed E-state index contributed by atoms with van der Waals surface area (Å²) < 4.78 is 0. The molecular formula is C70H122N10O4. The van der Waals surface area contributed by atoms with Gasteiger partial charge in [0.15, 0.2) is 0 Å². The molecule has 0 amide bonds. The normalized spacial score (nSPS) is 56.7. The molecule has 15 rings (SSSR count). The zero-order valence-electron chi connectivity index (χ0n) is 54.0. The summed E-state index contributed by atoms with van der Waals surface area (Å²) in [6.45, 7) is 23.9. The summed E-state index contributed by atoms with van der Waals surface area (Å²) in [5.41, 5.74) is 12.8. The van der Waals surface area contributed by atoms with E-state index in [0.717, 1.165) is 134 Å². The number of hydrogen-bond donors (Lipinski definition) is 8. The van der Waals surface area contributed by atoms with Crippen molar-refractivity contribution >= 4 is 0 Å². The summed E-state index contributed by atoms with van der Waals surface area (Å²) in [6.07, 6.45) is 35.4. The average Bonchev–Trinajstić information content (AvgIpc) is 2.63. The Labute approximate surface area is 509 Å². The minimum absolute atomic E-state index is 0.155. The van der Waals surface area contributed by atoms with Crippen molar-refractivity contribution < 1.29 is 19.4 Å². The second-order valence-corrected chi connectivity index (χ2v) is 33.9. The Bertz CT molecular complexity index is 1880. The van der Waals surface area contributed by atoms with Crippen molar-refractivity contribution in [1.82, 2.24) is 53.0 Å². The molecule has 0 aromatic carbocycles. The Morgan fingerprint density at radius 2 is 0.512 bits per heavy atom. The van der Waals surface area contributed by atoms with Crippen LogP contribution in [0.5, 0.6) is 0 Å². The van der Waals surface area contributed by atoms with Crippen LogP contribution in [0.1, 0.15) is 209 Å². The van der Waals surface area contributed by atoms with Gasteiger partial charge in [0.25, 0.3) is 0 Å². The van der Waals surface area contributed by atoms with E-state index in [1.165, 1.54) is 154 Å². The molecule has 0 aromatic rings. The minimum Gasteiger partial charge on any atom is -0.294 e. The third-order valence-electron chi connectivity index (χ3n) is 29.6. The quantitative estimate of drug-likeness (QED) is 0.105. The fraction of sp³-hybridized carbons (Fsp3) is 1.00. The van der Waals surface area contributed by atoms with Gasteiger partial charge in [-0.2, -0.15) is 21.9 Å². The molecule has 6 aliphatic heterocycles. The molecular weight excluding hydrogens is 1040 g/mol. The molecule has 14 heteroatoms. The van der Waals surface area contributed by atoms with Crippen LogP contribution in [0.25, 0.3) is 0 Å². The standard InChI is InChI=1S/C70H122N10O4/c1-37-19-45(20-38(2)61(37)67-71-33-75-81-67)49-27-50(46-21-39(3)62(40(4)22-46)68-72-34-76-82-68)30-53(29-49)79-57-15-11-9-13-55(57)65-59(79)17-18-60-66(65)56-14-10-12-16-58(56)80(60)54-31-51(47-23-41(5)63(42(6)24-47)69-73-35-77-83-69)28-52(32-54)48-25-43(7)64(44(8)26-48)70-74-36-78-84-70/h37-78H,9-36H2,1-8H3. The Morgan fingerprint density at radius 3 is 0.762 bits per heavy atom. The van der Waals surface area contributed by atoms with E-state index < -0.39 is 0 Å². The van der Waals surface area contributed by atoms with Gasteiger partial charge in [0.2, 0.25) is 0 Å². The molecule has 9 aliphatic carbocycles. The number of rotatable bonds is 10. The molecule has 0 aromatic heterocycles. The number of fused-ring (bicyclic) bond motifs is 7. The molecule has 476 valence electrons. The molecule has 9 saturated carbocycles. The van der Waals surface area contributed by atoms with Crippen molar-refractivity contribution in [2.45, 2.75) is 271 Å². The van der Waals surface area contributed by atoms with E-state index in [-0.39, 0.29) is 24.9 Å². The number of likely N-dealkylation sites (tertiary alicyclic amines) is 2.